The van der Waals surface area contributed by atoms with Crippen LogP contribution in [0.15, 0.2) is 73.2 Å². The Morgan fingerprint density at radius 1 is 0.667 bits per heavy atom. The first-order valence-electron chi connectivity index (χ1n) is 3.54. The van der Waals surface area contributed by atoms with Crippen LogP contribution in [-0.4, -0.2) is 0 Å². The molecule has 12 heavy (non-hydrogen) atoms. The van der Waals surface area contributed by atoms with Crippen LogP contribution in [0.5, 0.6) is 0 Å². The Kier molecular flexibility index (Phi) is 5.13. The lowest BCUT2D eigenvalue weighted by atomic mass is 10.2. The van der Waals surface area contributed by atoms with E-state index in [0.717, 1.165) is 11.1 Å². The fraction of sp³-hybridized carbons (Fsp3) is 0. The zero-order chi connectivity index (χ0) is 9.40. The van der Waals surface area contributed by atoms with Gasteiger partial charge >= 0.3 is 0 Å². The van der Waals surface area contributed by atoms with Crippen LogP contribution in [0, 0.1) is 0 Å². The van der Waals surface area contributed by atoms with Gasteiger partial charge in [0.2, 0.25) is 0 Å². The third-order valence-electron chi connectivity index (χ3n) is 1.23. The molecule has 0 saturated heterocycles. The Balaban J connectivity index is 5.24. The number of allylic oxidation sites excluding steroid dienone is 6. The van der Waals surface area contributed by atoms with Crippen molar-refractivity contribution in [3.8, 4) is 0 Å². The van der Waals surface area contributed by atoms with Gasteiger partial charge in [0.15, 0.2) is 0 Å². The van der Waals surface area contributed by atoms with Gasteiger partial charge in [0.1, 0.15) is 0 Å². The fourth-order valence-electron chi connectivity index (χ4n) is 0.515. The normalized spacial score (nSPS) is 7.00. The standard InChI is InChI=1S/C12H12/c1-5-11(6-2)9-10-12(7-3)8-4/h5-8H,1-4H2. The summed E-state index contributed by atoms with van der Waals surface area (Å²) in [5.41, 5.74) is 7.35. The highest BCUT2D eigenvalue weighted by Crippen LogP contribution is 1.95. The number of hydrogen-bond donors (Lipinski definition) is 0. The van der Waals surface area contributed by atoms with E-state index in [-0.39, 0.29) is 0 Å². The lowest BCUT2D eigenvalue weighted by Gasteiger charge is -1.81. The molecule has 0 fully saturated rings. The van der Waals surface area contributed by atoms with Crippen LogP contribution >= 0.6 is 0 Å². The summed E-state index contributed by atoms with van der Waals surface area (Å²) < 4.78 is 0. The average molecular weight is 156 g/mol. The summed E-state index contributed by atoms with van der Waals surface area (Å²) in [6.07, 6.45) is 6.63. The van der Waals surface area contributed by atoms with Gasteiger partial charge in [0, 0.05) is 11.1 Å². The van der Waals surface area contributed by atoms with Crippen molar-refractivity contribution >= 4 is 0 Å². The monoisotopic (exact) mass is 156 g/mol. The van der Waals surface area contributed by atoms with E-state index in [1.54, 1.807) is 24.3 Å². The molecule has 0 amide bonds. The van der Waals surface area contributed by atoms with Crippen LogP contribution in [-0.2, 0) is 0 Å². The highest BCUT2D eigenvalue weighted by molar-refractivity contribution is 5.31. The van der Waals surface area contributed by atoms with Gasteiger partial charge in [-0.2, -0.15) is 0 Å². The van der Waals surface area contributed by atoms with Crippen LogP contribution in [0.3, 0.4) is 0 Å². The molecule has 0 nitrogen and oxygen atoms in total. The fourth-order valence-corrected chi connectivity index (χ4v) is 0.515. The first-order valence-corrected chi connectivity index (χ1v) is 3.54. The van der Waals surface area contributed by atoms with Crippen molar-refractivity contribution in [1.82, 2.24) is 0 Å². The predicted molar refractivity (Wildman–Crippen MR) is 54.8 cm³/mol. The molecule has 0 N–H and O–H groups in total. The Hall–Kier alpha value is -1.74. The van der Waals surface area contributed by atoms with E-state index in [1.165, 1.54) is 0 Å². The zero-order valence-electron chi connectivity index (χ0n) is 7.14. The van der Waals surface area contributed by atoms with Crippen molar-refractivity contribution in [2.24, 2.45) is 0 Å². The minimum Gasteiger partial charge on any atom is -0.0978 e. The molecular formula is C12H12. The van der Waals surface area contributed by atoms with Crippen LogP contribution in [0.25, 0.3) is 0 Å². The Morgan fingerprint density at radius 2 is 0.917 bits per heavy atom. The third-order valence-corrected chi connectivity index (χ3v) is 1.23. The predicted octanol–water partition coefficient (Wildman–Crippen LogP) is 3.34. The molecule has 0 aromatic rings. The van der Waals surface area contributed by atoms with E-state index in [4.69, 9.17) is 0 Å². The molecule has 0 saturated carbocycles. The highest BCUT2D eigenvalue weighted by atomic mass is 13.8. The van der Waals surface area contributed by atoms with Crippen LogP contribution in [0.4, 0.5) is 0 Å². The Bertz CT molecular complexity index is 249. The summed E-state index contributed by atoms with van der Waals surface area (Å²) in [7, 11) is 0. The highest BCUT2D eigenvalue weighted by Gasteiger charge is 1.77. The van der Waals surface area contributed by atoms with E-state index >= 15 is 0 Å². The first-order chi connectivity index (χ1) is 5.78. The van der Waals surface area contributed by atoms with Gasteiger partial charge in [-0.3, -0.25) is 0 Å². The molecule has 60 valence electrons. The SMILES string of the molecule is C=CC(=C=C=C(C=C)C=C)C=C. The van der Waals surface area contributed by atoms with Crippen molar-refractivity contribution < 1.29 is 0 Å². The van der Waals surface area contributed by atoms with Crippen molar-refractivity contribution in [3.63, 3.8) is 0 Å². The number of hydrogen-bond acceptors (Lipinski definition) is 0. The van der Waals surface area contributed by atoms with E-state index in [1.807, 2.05) is 0 Å². The molecule has 0 atom stereocenters. The summed E-state index contributed by atoms with van der Waals surface area (Å²) in [6.45, 7) is 14.4. The minimum absolute atomic E-state index is 0.802. The molecule has 0 unspecified atom stereocenters. The summed E-state index contributed by atoms with van der Waals surface area (Å²) in [5.74, 6) is 0. The van der Waals surface area contributed by atoms with Gasteiger partial charge in [0.05, 0.1) is 0 Å². The maximum absolute atomic E-state index is 3.59. The summed E-state index contributed by atoms with van der Waals surface area (Å²) in [4.78, 5) is 0. The molecule has 0 heterocycles. The van der Waals surface area contributed by atoms with Gasteiger partial charge in [0.25, 0.3) is 0 Å². The van der Waals surface area contributed by atoms with Gasteiger partial charge in [-0.15, -0.1) is 0 Å². The first kappa shape index (κ1) is 10.3. The molecule has 0 aliphatic carbocycles. The third kappa shape index (κ3) is 3.43. The van der Waals surface area contributed by atoms with E-state index in [2.05, 4.69) is 37.8 Å². The van der Waals surface area contributed by atoms with Crippen LogP contribution in [0.2, 0.25) is 0 Å². The second-order valence-electron chi connectivity index (χ2n) is 1.98. The summed E-state index contributed by atoms with van der Waals surface area (Å²) >= 11 is 0. The molecule has 0 rings (SSSR count). The van der Waals surface area contributed by atoms with E-state index in [9.17, 15) is 0 Å². The van der Waals surface area contributed by atoms with Gasteiger partial charge in [-0.1, -0.05) is 62.1 Å². The lowest BCUT2D eigenvalue weighted by Crippen LogP contribution is -1.63. The number of rotatable bonds is 4. The molecule has 0 aromatic heterocycles. The zero-order valence-corrected chi connectivity index (χ0v) is 7.14. The molecule has 0 heteroatoms. The smallest absolute Gasteiger partial charge is 0.0237 e. The van der Waals surface area contributed by atoms with Crippen LogP contribution in [0.1, 0.15) is 0 Å². The van der Waals surface area contributed by atoms with E-state index < -0.39 is 0 Å². The minimum atomic E-state index is 0.802. The molecule has 0 spiro atoms. The molecule has 0 radical (unpaired) electrons. The summed E-state index contributed by atoms with van der Waals surface area (Å²) in [6, 6.07) is 0. The van der Waals surface area contributed by atoms with Gasteiger partial charge < -0.3 is 0 Å². The largest absolute Gasteiger partial charge is 0.0978 e. The maximum Gasteiger partial charge on any atom is 0.0237 e. The van der Waals surface area contributed by atoms with Crippen molar-refractivity contribution in [3.05, 3.63) is 73.2 Å². The van der Waals surface area contributed by atoms with Crippen molar-refractivity contribution in [2.45, 2.75) is 0 Å². The second-order valence-corrected chi connectivity index (χ2v) is 1.98. The molecular weight excluding hydrogens is 144 g/mol. The Labute approximate surface area is 73.9 Å². The second kappa shape index (κ2) is 6.00. The molecule has 0 bridgehead atoms. The average Bonchev–Trinajstić information content (AvgIpc) is 2.13. The summed E-state index contributed by atoms with van der Waals surface area (Å²) in [5, 5.41) is 0. The van der Waals surface area contributed by atoms with Gasteiger partial charge in [-0.25, -0.2) is 0 Å². The Morgan fingerprint density at radius 3 is 1.08 bits per heavy atom. The molecule has 0 aliphatic rings. The van der Waals surface area contributed by atoms with E-state index in [0.29, 0.717) is 0 Å². The quantitative estimate of drug-likeness (QED) is 0.432. The van der Waals surface area contributed by atoms with Gasteiger partial charge in [-0.05, 0) is 0 Å². The van der Waals surface area contributed by atoms with Crippen molar-refractivity contribution in [2.75, 3.05) is 0 Å². The maximum atomic E-state index is 3.59. The molecule has 0 aromatic carbocycles. The molecule has 0 aliphatic heterocycles. The lowest BCUT2D eigenvalue weighted by molar-refractivity contribution is 1.73. The topological polar surface area (TPSA) is 0 Å². The van der Waals surface area contributed by atoms with Crippen molar-refractivity contribution in [1.29, 1.82) is 0 Å². The van der Waals surface area contributed by atoms with Crippen LogP contribution < -0.4 is 0 Å².